The first-order valence-electron chi connectivity index (χ1n) is 6.71. The van der Waals surface area contributed by atoms with E-state index in [9.17, 15) is 4.21 Å². The van der Waals surface area contributed by atoms with Crippen LogP contribution in [0.2, 0.25) is 0 Å². The first kappa shape index (κ1) is 15.4. The van der Waals surface area contributed by atoms with Gasteiger partial charge in [-0.2, -0.15) is 0 Å². The quantitative estimate of drug-likeness (QED) is 0.822. The summed E-state index contributed by atoms with van der Waals surface area (Å²) in [6.07, 6.45) is 0.973. The molecule has 18 heavy (non-hydrogen) atoms. The van der Waals surface area contributed by atoms with Gasteiger partial charge in [0.05, 0.1) is 5.25 Å². The minimum absolute atomic E-state index is 0.164. The highest BCUT2D eigenvalue weighted by Gasteiger charge is 2.29. The minimum atomic E-state index is -0.781. The first-order valence-corrected chi connectivity index (χ1v) is 8.09. The van der Waals surface area contributed by atoms with Crippen molar-refractivity contribution >= 4 is 10.8 Å². The van der Waals surface area contributed by atoms with Gasteiger partial charge in [-0.3, -0.25) is 4.21 Å². The van der Waals surface area contributed by atoms with E-state index in [0.29, 0.717) is 5.92 Å². The van der Waals surface area contributed by atoms with Crippen LogP contribution in [0.5, 0.6) is 0 Å². The van der Waals surface area contributed by atoms with E-state index in [1.165, 1.54) is 5.56 Å². The van der Waals surface area contributed by atoms with Crippen LogP contribution in [0, 0.1) is 5.92 Å². The summed E-state index contributed by atoms with van der Waals surface area (Å²) in [5, 5.41) is 3.51. The molecule has 1 aromatic carbocycles. The molecule has 0 saturated carbocycles. The highest BCUT2D eigenvalue weighted by molar-refractivity contribution is 7.85. The molecule has 0 amide bonds. The fraction of sp³-hybridized carbons (Fsp3) is 0.600. The standard InChI is InChI=1S/C15H25NOS/c1-5-11-18(17)15(12(2)3)14(16-4)13-9-7-6-8-10-13/h6-10,12,14-16H,5,11H2,1-4H3. The number of hydrogen-bond donors (Lipinski definition) is 1. The second kappa shape index (κ2) is 7.70. The average Bonchev–Trinajstić information content (AvgIpc) is 2.36. The number of hydrogen-bond acceptors (Lipinski definition) is 2. The molecular weight excluding hydrogens is 242 g/mol. The van der Waals surface area contributed by atoms with Crippen LogP contribution in [-0.2, 0) is 10.8 Å². The fourth-order valence-corrected chi connectivity index (χ4v) is 4.24. The molecule has 1 aromatic rings. The van der Waals surface area contributed by atoms with E-state index in [2.05, 4.69) is 38.2 Å². The Morgan fingerprint density at radius 3 is 2.28 bits per heavy atom. The molecule has 0 aliphatic rings. The zero-order valence-corrected chi connectivity index (χ0v) is 12.7. The molecule has 0 aromatic heterocycles. The van der Waals surface area contributed by atoms with Crippen LogP contribution in [-0.4, -0.2) is 22.3 Å². The lowest BCUT2D eigenvalue weighted by Gasteiger charge is -2.29. The van der Waals surface area contributed by atoms with E-state index in [1.54, 1.807) is 0 Å². The van der Waals surface area contributed by atoms with Crippen molar-refractivity contribution in [2.75, 3.05) is 12.8 Å². The normalized spacial score (nSPS) is 16.5. The molecule has 102 valence electrons. The van der Waals surface area contributed by atoms with Gasteiger partial charge >= 0.3 is 0 Å². The van der Waals surface area contributed by atoms with Crippen LogP contribution in [0.3, 0.4) is 0 Å². The molecule has 0 saturated heterocycles. The summed E-state index contributed by atoms with van der Waals surface area (Å²) in [6, 6.07) is 10.5. The highest BCUT2D eigenvalue weighted by atomic mass is 32.2. The second-order valence-corrected chi connectivity index (χ2v) is 6.68. The van der Waals surface area contributed by atoms with Crippen molar-refractivity contribution in [2.45, 2.75) is 38.5 Å². The van der Waals surface area contributed by atoms with Crippen molar-refractivity contribution in [2.24, 2.45) is 5.92 Å². The molecule has 0 aliphatic heterocycles. The summed E-state index contributed by atoms with van der Waals surface area (Å²) in [5.74, 6) is 1.18. The first-order chi connectivity index (χ1) is 8.61. The third kappa shape index (κ3) is 3.92. The molecule has 2 nitrogen and oxygen atoms in total. The fourth-order valence-electron chi connectivity index (χ4n) is 2.36. The molecule has 0 heterocycles. The highest BCUT2D eigenvalue weighted by Crippen LogP contribution is 2.26. The number of benzene rings is 1. The van der Waals surface area contributed by atoms with Crippen LogP contribution in [0.15, 0.2) is 30.3 Å². The van der Waals surface area contributed by atoms with Crippen LogP contribution >= 0.6 is 0 Å². The predicted molar refractivity (Wildman–Crippen MR) is 80.2 cm³/mol. The molecule has 0 aliphatic carbocycles. The molecule has 1 N–H and O–H groups in total. The minimum Gasteiger partial charge on any atom is -0.312 e. The Balaban J connectivity index is 2.98. The Kier molecular flexibility index (Phi) is 6.58. The molecule has 0 radical (unpaired) electrons. The second-order valence-electron chi connectivity index (χ2n) is 4.97. The van der Waals surface area contributed by atoms with Crippen LogP contribution < -0.4 is 5.32 Å². The monoisotopic (exact) mass is 267 g/mol. The topological polar surface area (TPSA) is 29.1 Å². The SMILES string of the molecule is CCCS(=O)C(C(C)C)C(NC)c1ccccc1. The third-order valence-electron chi connectivity index (χ3n) is 3.16. The number of nitrogens with one attached hydrogen (secondary N) is 1. The van der Waals surface area contributed by atoms with Gasteiger partial charge in [0.15, 0.2) is 0 Å². The molecule has 0 fully saturated rings. The van der Waals surface area contributed by atoms with Gasteiger partial charge in [-0.1, -0.05) is 51.1 Å². The largest absolute Gasteiger partial charge is 0.312 e. The van der Waals surface area contributed by atoms with Gasteiger partial charge in [-0.05, 0) is 24.9 Å². The molecule has 1 rings (SSSR count). The predicted octanol–water partition coefficient (Wildman–Crippen LogP) is 3.13. The Bertz CT molecular complexity index is 364. The summed E-state index contributed by atoms with van der Waals surface area (Å²) in [5.41, 5.74) is 1.23. The third-order valence-corrected chi connectivity index (χ3v) is 5.40. The van der Waals surface area contributed by atoms with Gasteiger partial charge in [-0.15, -0.1) is 0 Å². The van der Waals surface area contributed by atoms with Gasteiger partial charge in [0, 0.05) is 22.6 Å². The van der Waals surface area contributed by atoms with Gasteiger partial charge in [0.1, 0.15) is 0 Å². The average molecular weight is 267 g/mol. The summed E-state index contributed by atoms with van der Waals surface area (Å²) < 4.78 is 12.4. The van der Waals surface area contributed by atoms with Gasteiger partial charge in [-0.25, -0.2) is 0 Å². The lowest BCUT2D eigenvalue weighted by atomic mass is 9.96. The van der Waals surface area contributed by atoms with Gasteiger partial charge in [0.25, 0.3) is 0 Å². The van der Waals surface area contributed by atoms with Crippen molar-refractivity contribution in [3.8, 4) is 0 Å². The zero-order chi connectivity index (χ0) is 13.5. The van der Waals surface area contributed by atoms with Crippen molar-refractivity contribution in [3.05, 3.63) is 35.9 Å². The van der Waals surface area contributed by atoms with Crippen molar-refractivity contribution < 1.29 is 4.21 Å². The number of rotatable bonds is 7. The van der Waals surface area contributed by atoms with E-state index >= 15 is 0 Å². The summed E-state index contributed by atoms with van der Waals surface area (Å²) in [6.45, 7) is 6.41. The molecular formula is C15H25NOS. The molecule has 3 atom stereocenters. The van der Waals surface area contributed by atoms with Crippen LogP contribution in [0.1, 0.15) is 38.8 Å². The summed E-state index contributed by atoms with van der Waals surface area (Å²) >= 11 is 0. The van der Waals surface area contributed by atoms with E-state index in [0.717, 1.165) is 12.2 Å². The zero-order valence-electron chi connectivity index (χ0n) is 11.8. The molecule has 0 spiro atoms. The lowest BCUT2D eigenvalue weighted by Crippen LogP contribution is -2.37. The van der Waals surface area contributed by atoms with Crippen molar-refractivity contribution in [1.82, 2.24) is 5.32 Å². The smallest absolute Gasteiger partial charge is 0.0565 e. The Labute approximate surface area is 114 Å². The Morgan fingerprint density at radius 1 is 1.22 bits per heavy atom. The molecule has 3 unspecified atom stereocenters. The van der Waals surface area contributed by atoms with Gasteiger partial charge in [0.2, 0.25) is 0 Å². The molecule has 0 bridgehead atoms. The summed E-state index contributed by atoms with van der Waals surface area (Å²) in [4.78, 5) is 0. The maximum absolute atomic E-state index is 12.4. The Morgan fingerprint density at radius 2 is 1.83 bits per heavy atom. The van der Waals surface area contributed by atoms with E-state index < -0.39 is 10.8 Å². The van der Waals surface area contributed by atoms with Crippen LogP contribution in [0.4, 0.5) is 0 Å². The van der Waals surface area contributed by atoms with Crippen molar-refractivity contribution in [1.29, 1.82) is 0 Å². The van der Waals surface area contributed by atoms with Crippen LogP contribution in [0.25, 0.3) is 0 Å². The Hall–Kier alpha value is -0.670. The van der Waals surface area contributed by atoms with E-state index in [-0.39, 0.29) is 11.3 Å². The van der Waals surface area contributed by atoms with Gasteiger partial charge < -0.3 is 5.32 Å². The molecule has 3 heteroatoms. The van der Waals surface area contributed by atoms with E-state index in [4.69, 9.17) is 0 Å². The lowest BCUT2D eigenvalue weighted by molar-refractivity contribution is 0.460. The maximum atomic E-state index is 12.4. The van der Waals surface area contributed by atoms with Crippen molar-refractivity contribution in [3.63, 3.8) is 0 Å². The summed E-state index contributed by atoms with van der Waals surface area (Å²) in [7, 11) is 1.17. The van der Waals surface area contributed by atoms with E-state index in [1.807, 2.05) is 25.2 Å². The maximum Gasteiger partial charge on any atom is 0.0565 e.